The van der Waals surface area contributed by atoms with Gasteiger partial charge < -0.3 is 30.6 Å². The van der Waals surface area contributed by atoms with E-state index in [1.165, 1.54) is 9.80 Å². The van der Waals surface area contributed by atoms with Crippen LogP contribution in [0.5, 0.6) is 0 Å². The van der Waals surface area contributed by atoms with Crippen molar-refractivity contribution >= 4 is 29.8 Å². The zero-order valence-electron chi connectivity index (χ0n) is 16.0. The largest absolute Gasteiger partial charge is 0.480 e. The molecule has 1 aliphatic heterocycles. The van der Waals surface area contributed by atoms with Crippen LogP contribution in [0.15, 0.2) is 0 Å². The summed E-state index contributed by atoms with van der Waals surface area (Å²) < 4.78 is 0. The molecule has 1 saturated heterocycles. The molecule has 0 aromatic heterocycles. The number of hydrogen-bond donors (Lipinski definition) is 6. The summed E-state index contributed by atoms with van der Waals surface area (Å²) in [6.07, 6.45) is -0.0914. The number of nitrogens with zero attached hydrogens (tertiary/aromatic N) is 3. The molecule has 0 amide bonds. The van der Waals surface area contributed by atoms with Crippen molar-refractivity contribution < 1.29 is 54.6 Å². The number of aliphatic carboxylic acids is 5. The molecule has 0 unspecified atom stereocenters. The molecule has 0 aromatic carbocycles. The van der Waals surface area contributed by atoms with Crippen LogP contribution in [0.4, 0.5) is 0 Å². The maximum absolute atomic E-state index is 11.5. The van der Waals surface area contributed by atoms with Gasteiger partial charge in [0.25, 0.3) is 0 Å². The summed E-state index contributed by atoms with van der Waals surface area (Å²) in [5.41, 5.74) is 0. The lowest BCUT2D eigenvalue weighted by Gasteiger charge is -2.35. The minimum absolute atomic E-state index is 0.0768. The minimum Gasteiger partial charge on any atom is -0.480 e. The third-order valence-corrected chi connectivity index (χ3v) is 4.71. The van der Waals surface area contributed by atoms with Gasteiger partial charge in [-0.2, -0.15) is 0 Å². The van der Waals surface area contributed by atoms with Crippen LogP contribution in [0.2, 0.25) is 0 Å². The molecule has 0 spiro atoms. The van der Waals surface area contributed by atoms with Gasteiger partial charge in [-0.05, 0) is 6.42 Å². The lowest BCUT2D eigenvalue weighted by Crippen LogP contribution is -2.53. The number of aliphatic hydroxyl groups is 1. The van der Waals surface area contributed by atoms with Crippen molar-refractivity contribution in [2.24, 2.45) is 0 Å². The van der Waals surface area contributed by atoms with Crippen molar-refractivity contribution in [2.45, 2.75) is 24.5 Å². The lowest BCUT2D eigenvalue weighted by atomic mass is 10.1. The van der Waals surface area contributed by atoms with Crippen LogP contribution in [0, 0.1) is 0 Å². The molecule has 170 valence electrons. The second-order valence-corrected chi connectivity index (χ2v) is 6.92. The van der Waals surface area contributed by atoms with Gasteiger partial charge in [-0.3, -0.25) is 38.7 Å². The Bertz CT molecular complexity index is 655. The number of carboxylic acid groups (broad SMARTS) is 5. The number of carboxylic acids is 5. The van der Waals surface area contributed by atoms with Crippen LogP contribution in [0.3, 0.4) is 0 Å². The molecule has 1 fully saturated rings. The Kier molecular flexibility index (Phi) is 9.58. The highest BCUT2D eigenvalue weighted by atomic mass is 16.4. The Morgan fingerprint density at radius 1 is 0.867 bits per heavy atom. The summed E-state index contributed by atoms with van der Waals surface area (Å²) in [4.78, 5) is 59.3. The maximum atomic E-state index is 11.5. The van der Waals surface area contributed by atoms with Gasteiger partial charge in [-0.15, -0.1) is 0 Å². The van der Waals surface area contributed by atoms with Crippen molar-refractivity contribution in [3.63, 3.8) is 0 Å². The summed E-state index contributed by atoms with van der Waals surface area (Å²) in [5.74, 6) is -6.50. The Hall–Kier alpha value is -2.81. The highest BCUT2D eigenvalue weighted by molar-refractivity contribution is 5.76. The molecule has 0 aromatic rings. The van der Waals surface area contributed by atoms with Crippen molar-refractivity contribution in [1.29, 1.82) is 0 Å². The van der Waals surface area contributed by atoms with Gasteiger partial charge >= 0.3 is 29.8 Å². The molecule has 30 heavy (non-hydrogen) atoms. The zero-order chi connectivity index (χ0) is 23.0. The van der Waals surface area contributed by atoms with E-state index in [4.69, 9.17) is 15.3 Å². The molecule has 0 radical (unpaired) electrons. The lowest BCUT2D eigenvalue weighted by molar-refractivity contribution is -0.146. The summed E-state index contributed by atoms with van der Waals surface area (Å²) in [6, 6.07) is -2.94. The van der Waals surface area contributed by atoms with E-state index in [1.807, 2.05) is 0 Å². The predicted molar refractivity (Wildman–Crippen MR) is 96.0 cm³/mol. The van der Waals surface area contributed by atoms with Gasteiger partial charge in [-0.1, -0.05) is 0 Å². The fourth-order valence-electron chi connectivity index (χ4n) is 3.49. The Morgan fingerprint density at radius 2 is 1.40 bits per heavy atom. The van der Waals surface area contributed by atoms with Gasteiger partial charge in [0.15, 0.2) is 0 Å². The van der Waals surface area contributed by atoms with E-state index in [2.05, 4.69) is 0 Å². The summed E-state index contributed by atoms with van der Waals surface area (Å²) >= 11 is 0. The Morgan fingerprint density at radius 3 is 1.80 bits per heavy atom. The molecule has 0 bridgehead atoms. The highest BCUT2D eigenvalue weighted by Crippen LogP contribution is 2.23. The van der Waals surface area contributed by atoms with E-state index < -0.39 is 80.8 Å². The molecule has 1 aliphatic rings. The minimum atomic E-state index is -1.35. The molecule has 14 nitrogen and oxygen atoms in total. The zero-order valence-corrected chi connectivity index (χ0v) is 16.0. The van der Waals surface area contributed by atoms with Gasteiger partial charge in [0.2, 0.25) is 0 Å². The molecule has 14 heteroatoms. The summed E-state index contributed by atoms with van der Waals surface area (Å²) in [5, 5.41) is 55.2. The number of carbonyl (C=O) groups is 5. The number of likely N-dealkylation sites (tertiary alicyclic amines) is 1. The third-order valence-electron chi connectivity index (χ3n) is 4.71. The van der Waals surface area contributed by atoms with Crippen LogP contribution >= 0.6 is 0 Å². The number of aliphatic hydroxyl groups excluding tert-OH is 1. The SMILES string of the molecule is O=C(O)CN(CC(=O)O)[C@H](CO)CN(CC(=O)O)[C@H]1C[C@@H](C(=O)O)N(CC(=O)O)C1. The second kappa shape index (κ2) is 11.4. The molecular formula is C16H25N3O11. The van der Waals surface area contributed by atoms with Crippen LogP contribution < -0.4 is 0 Å². The van der Waals surface area contributed by atoms with Crippen molar-refractivity contribution in [2.75, 3.05) is 45.9 Å². The van der Waals surface area contributed by atoms with Crippen molar-refractivity contribution in [3.8, 4) is 0 Å². The average molecular weight is 435 g/mol. The van der Waals surface area contributed by atoms with Gasteiger partial charge in [0.05, 0.1) is 32.8 Å². The molecule has 1 rings (SSSR count). The van der Waals surface area contributed by atoms with Gasteiger partial charge in [0.1, 0.15) is 6.04 Å². The monoisotopic (exact) mass is 435 g/mol. The smallest absolute Gasteiger partial charge is 0.320 e. The molecule has 3 atom stereocenters. The van der Waals surface area contributed by atoms with Gasteiger partial charge in [0, 0.05) is 25.2 Å². The van der Waals surface area contributed by atoms with Crippen LogP contribution in [-0.2, 0) is 24.0 Å². The number of rotatable bonds is 14. The molecule has 1 heterocycles. The van der Waals surface area contributed by atoms with Crippen LogP contribution in [-0.4, -0.2) is 139 Å². The normalized spacial score (nSPS) is 20.4. The van der Waals surface area contributed by atoms with Crippen LogP contribution in [0.25, 0.3) is 0 Å². The molecular weight excluding hydrogens is 410 g/mol. The molecule has 0 saturated carbocycles. The first-order valence-electron chi connectivity index (χ1n) is 8.87. The fourth-order valence-corrected chi connectivity index (χ4v) is 3.49. The van der Waals surface area contributed by atoms with E-state index in [9.17, 15) is 39.3 Å². The Balaban J connectivity index is 3.07. The number of hydrogen-bond acceptors (Lipinski definition) is 9. The first-order valence-corrected chi connectivity index (χ1v) is 8.87. The van der Waals surface area contributed by atoms with E-state index in [-0.39, 0.29) is 19.5 Å². The topological polar surface area (TPSA) is 216 Å². The first-order chi connectivity index (χ1) is 13.9. The third kappa shape index (κ3) is 7.90. The maximum Gasteiger partial charge on any atom is 0.320 e. The van der Waals surface area contributed by atoms with E-state index in [0.717, 1.165) is 4.90 Å². The standard InChI is InChI=1S/C16H25N3O11/c20-8-10(18(5-13(23)24)6-14(25)26)3-17(4-12(21)22)9-1-11(16(29)30)19(2-9)7-15(27)28/h9-11,20H,1-8H2,(H,21,22)(H,23,24)(H,25,26)(H,27,28)(H,29,30)/t9-,10-,11-/m0/s1. The van der Waals surface area contributed by atoms with E-state index >= 15 is 0 Å². The van der Waals surface area contributed by atoms with Crippen molar-refractivity contribution in [3.05, 3.63) is 0 Å². The second-order valence-electron chi connectivity index (χ2n) is 6.92. The van der Waals surface area contributed by atoms with E-state index in [1.54, 1.807) is 0 Å². The Labute approximate surface area is 170 Å². The summed E-state index contributed by atoms with van der Waals surface area (Å²) in [7, 11) is 0. The first kappa shape index (κ1) is 25.2. The van der Waals surface area contributed by atoms with Gasteiger partial charge in [-0.25, -0.2) is 0 Å². The van der Waals surface area contributed by atoms with E-state index in [0.29, 0.717) is 0 Å². The fraction of sp³-hybridized carbons (Fsp3) is 0.688. The quantitative estimate of drug-likeness (QED) is 0.159. The average Bonchev–Trinajstić information content (AvgIpc) is 3.00. The molecule has 0 aliphatic carbocycles. The van der Waals surface area contributed by atoms with Crippen LogP contribution in [0.1, 0.15) is 6.42 Å². The molecule has 6 N–H and O–H groups in total. The predicted octanol–water partition coefficient (Wildman–Crippen LogP) is -3.18. The van der Waals surface area contributed by atoms with Crippen molar-refractivity contribution in [1.82, 2.24) is 14.7 Å². The summed E-state index contributed by atoms with van der Waals surface area (Å²) in [6.45, 7) is -3.61. The highest BCUT2D eigenvalue weighted by Gasteiger charge is 2.41.